The van der Waals surface area contributed by atoms with E-state index in [0.29, 0.717) is 6.16 Å². The molecule has 0 bridgehead atoms. The first-order valence-electron chi connectivity index (χ1n) is 9.92. The van der Waals surface area contributed by atoms with Gasteiger partial charge in [0.2, 0.25) is 0 Å². The van der Waals surface area contributed by atoms with E-state index in [1.807, 2.05) is 6.07 Å². The van der Waals surface area contributed by atoms with Gasteiger partial charge in [0.15, 0.2) is 0 Å². The summed E-state index contributed by atoms with van der Waals surface area (Å²) >= 11 is 9.88. The number of hydrogen-bond acceptors (Lipinski definition) is 2. The van der Waals surface area contributed by atoms with Crippen LogP contribution in [0, 0.1) is 0 Å². The Morgan fingerprint density at radius 2 is 1.03 bits per heavy atom. The Kier molecular flexibility index (Phi) is 4.95. The molecule has 0 unspecified atom stereocenters. The molecule has 0 aliphatic rings. The van der Waals surface area contributed by atoms with Gasteiger partial charge in [-0.3, -0.25) is 0 Å². The fourth-order valence-corrected chi connectivity index (χ4v) is 11.9. The first-order chi connectivity index (χ1) is 14.7. The summed E-state index contributed by atoms with van der Waals surface area (Å²) in [7, 11) is 0. The average Bonchev–Trinajstić information content (AvgIpc) is 3.23. The predicted molar refractivity (Wildman–Crippen MR) is 134 cm³/mol. The van der Waals surface area contributed by atoms with E-state index in [-0.39, 0.29) is 0 Å². The van der Waals surface area contributed by atoms with Crippen molar-refractivity contribution in [1.82, 2.24) is 4.98 Å². The van der Waals surface area contributed by atoms with Gasteiger partial charge in [-0.15, -0.1) is 0 Å². The standard InChI is InChI=1S/C26H21ClNPS/c27-29(21-12-4-1-5-13-21,22-14-6-2-7-15-22,23-16-8-3-9-17-23)20-26-28-24-18-10-11-19-25(24)30-26/h1-19H,20H2. The molecule has 5 rings (SSSR count). The molecule has 0 amide bonds. The second kappa shape index (κ2) is 7.63. The van der Waals surface area contributed by atoms with E-state index < -0.39 is 5.96 Å². The fourth-order valence-electron chi connectivity index (χ4n) is 4.18. The van der Waals surface area contributed by atoms with Crippen molar-refractivity contribution >= 4 is 54.7 Å². The number of halogens is 1. The summed E-state index contributed by atoms with van der Waals surface area (Å²) in [6.45, 7) is 0. The second-order valence-corrected chi connectivity index (χ2v) is 15.0. The molecule has 1 aromatic heterocycles. The molecule has 30 heavy (non-hydrogen) atoms. The number of rotatable bonds is 5. The normalized spacial score (nSPS) is 13.0. The summed E-state index contributed by atoms with van der Waals surface area (Å²) in [4.78, 5) is 4.99. The molecule has 0 aliphatic carbocycles. The summed E-state index contributed by atoms with van der Waals surface area (Å²) in [6, 6.07) is 40.1. The quantitative estimate of drug-likeness (QED) is 0.282. The van der Waals surface area contributed by atoms with E-state index in [9.17, 15) is 0 Å². The molecule has 0 N–H and O–H groups in total. The fraction of sp³-hybridized carbons (Fsp3) is 0.0385. The molecular formula is C26H21ClNPS. The number of para-hydroxylation sites is 1. The summed E-state index contributed by atoms with van der Waals surface area (Å²) in [5.74, 6) is -3.33. The van der Waals surface area contributed by atoms with Crippen molar-refractivity contribution in [1.29, 1.82) is 0 Å². The van der Waals surface area contributed by atoms with Crippen molar-refractivity contribution < 1.29 is 0 Å². The van der Waals surface area contributed by atoms with Crippen LogP contribution in [0.2, 0.25) is 0 Å². The minimum absolute atomic E-state index is 0.685. The molecule has 0 saturated carbocycles. The summed E-state index contributed by atoms with van der Waals surface area (Å²) in [5.41, 5.74) is 1.04. The maximum absolute atomic E-state index is 8.13. The predicted octanol–water partition coefficient (Wildman–Crippen LogP) is 6.48. The molecule has 4 heteroatoms. The molecule has 4 aromatic carbocycles. The zero-order chi connectivity index (χ0) is 20.5. The topological polar surface area (TPSA) is 12.9 Å². The van der Waals surface area contributed by atoms with Gasteiger partial charge in [0.05, 0.1) is 0 Å². The zero-order valence-corrected chi connectivity index (χ0v) is 18.8. The molecule has 1 nitrogen and oxygen atoms in total. The Bertz CT molecular complexity index is 1150. The minimum atomic E-state index is -3.33. The third kappa shape index (κ3) is 3.08. The van der Waals surface area contributed by atoms with Gasteiger partial charge in [0.25, 0.3) is 0 Å². The van der Waals surface area contributed by atoms with Crippen molar-refractivity contribution in [2.24, 2.45) is 0 Å². The first-order valence-corrected chi connectivity index (χ1v) is 14.1. The summed E-state index contributed by atoms with van der Waals surface area (Å²) < 4.78 is 1.20. The first kappa shape index (κ1) is 19.5. The van der Waals surface area contributed by atoms with Crippen molar-refractivity contribution in [3.63, 3.8) is 0 Å². The Balaban J connectivity index is 1.84. The van der Waals surface area contributed by atoms with Gasteiger partial charge in [0.1, 0.15) is 0 Å². The molecule has 5 aromatic rings. The van der Waals surface area contributed by atoms with Gasteiger partial charge in [-0.1, -0.05) is 0 Å². The SMILES string of the molecule is ClP(Cc1nc2ccccc2s1)(c1ccccc1)(c1ccccc1)c1ccccc1. The molecule has 0 saturated heterocycles. The molecule has 0 spiro atoms. The zero-order valence-electron chi connectivity index (χ0n) is 16.4. The average molecular weight is 446 g/mol. The summed E-state index contributed by atoms with van der Waals surface area (Å²) in [5, 5.41) is 4.57. The third-order valence-corrected chi connectivity index (χ3v) is 14.0. The van der Waals surface area contributed by atoms with Crippen molar-refractivity contribution in [3.05, 3.63) is 120 Å². The van der Waals surface area contributed by atoms with Crippen LogP contribution in [0.5, 0.6) is 0 Å². The third-order valence-electron chi connectivity index (χ3n) is 5.65. The van der Waals surface area contributed by atoms with E-state index >= 15 is 0 Å². The van der Waals surface area contributed by atoms with Gasteiger partial charge in [0, 0.05) is 0 Å². The van der Waals surface area contributed by atoms with Crippen molar-refractivity contribution in [2.75, 3.05) is 0 Å². The maximum atomic E-state index is 8.13. The molecular weight excluding hydrogens is 425 g/mol. The van der Waals surface area contributed by atoms with Gasteiger partial charge in [-0.05, 0) is 0 Å². The molecule has 0 fully saturated rings. The van der Waals surface area contributed by atoms with Crippen molar-refractivity contribution in [2.45, 2.75) is 6.16 Å². The van der Waals surface area contributed by atoms with Crippen LogP contribution in [0.1, 0.15) is 5.01 Å². The molecule has 148 valence electrons. The van der Waals surface area contributed by atoms with Crippen molar-refractivity contribution in [3.8, 4) is 0 Å². The van der Waals surface area contributed by atoms with Crippen LogP contribution in [-0.2, 0) is 6.16 Å². The molecule has 0 radical (unpaired) electrons. The van der Waals surface area contributed by atoms with E-state index in [1.54, 1.807) is 11.3 Å². The van der Waals surface area contributed by atoms with Gasteiger partial charge in [-0.25, -0.2) is 0 Å². The second-order valence-electron chi connectivity index (χ2n) is 7.42. The Morgan fingerprint density at radius 1 is 0.600 bits per heavy atom. The Labute approximate surface area is 185 Å². The van der Waals surface area contributed by atoms with Crippen LogP contribution in [0.4, 0.5) is 0 Å². The van der Waals surface area contributed by atoms with E-state index in [2.05, 4.69) is 109 Å². The molecule has 0 atom stereocenters. The van der Waals surface area contributed by atoms with E-state index in [1.165, 1.54) is 20.6 Å². The van der Waals surface area contributed by atoms with Gasteiger partial charge >= 0.3 is 186 Å². The number of hydrogen-bond donors (Lipinski definition) is 0. The number of thiazole rings is 1. The number of aromatic nitrogens is 1. The number of fused-ring (bicyclic) bond motifs is 1. The number of benzene rings is 4. The van der Waals surface area contributed by atoms with E-state index in [0.717, 1.165) is 10.5 Å². The van der Waals surface area contributed by atoms with E-state index in [4.69, 9.17) is 16.2 Å². The summed E-state index contributed by atoms with van der Waals surface area (Å²) in [6.07, 6.45) is 0.685. The van der Waals surface area contributed by atoms with Crippen LogP contribution < -0.4 is 15.9 Å². The molecule has 1 heterocycles. The van der Waals surface area contributed by atoms with Crippen LogP contribution in [0.25, 0.3) is 10.2 Å². The number of nitrogens with zero attached hydrogens (tertiary/aromatic N) is 1. The van der Waals surface area contributed by atoms with Gasteiger partial charge in [-0.2, -0.15) is 0 Å². The van der Waals surface area contributed by atoms with Crippen LogP contribution in [-0.4, -0.2) is 4.98 Å². The van der Waals surface area contributed by atoms with Crippen LogP contribution >= 0.6 is 28.5 Å². The molecule has 0 aliphatic heterocycles. The van der Waals surface area contributed by atoms with Crippen LogP contribution in [0.15, 0.2) is 115 Å². The van der Waals surface area contributed by atoms with Crippen LogP contribution in [0.3, 0.4) is 0 Å². The monoisotopic (exact) mass is 445 g/mol. The Morgan fingerprint density at radius 3 is 1.50 bits per heavy atom. The Hall–Kier alpha value is -2.51. The van der Waals surface area contributed by atoms with Gasteiger partial charge < -0.3 is 0 Å².